The third kappa shape index (κ3) is 5.03. The van der Waals surface area contributed by atoms with Gasteiger partial charge in [0.2, 0.25) is 5.91 Å². The minimum atomic E-state index is -0.727. The Morgan fingerprint density at radius 3 is 2.30 bits per heavy atom. The van der Waals surface area contributed by atoms with E-state index in [-0.39, 0.29) is 17.6 Å². The topological polar surface area (TPSA) is 84.2 Å². The number of rotatable bonds is 6. The average Bonchev–Trinajstić information content (AvgIpc) is 2.55. The van der Waals surface area contributed by atoms with Crippen LogP contribution < -0.4 is 16.4 Å². The summed E-state index contributed by atoms with van der Waals surface area (Å²) in [6.07, 6.45) is 5.23. The van der Waals surface area contributed by atoms with Crippen LogP contribution in [0.1, 0.15) is 48.9 Å². The molecule has 0 heterocycles. The first kappa shape index (κ1) is 17.4. The van der Waals surface area contributed by atoms with Crippen molar-refractivity contribution in [3.8, 4) is 0 Å². The molecule has 1 aliphatic rings. The molecule has 5 nitrogen and oxygen atoms in total. The third-order valence-corrected chi connectivity index (χ3v) is 4.23. The zero-order chi connectivity index (χ0) is 16.7. The Balaban J connectivity index is 1.64. The molecule has 0 saturated heterocycles. The van der Waals surface area contributed by atoms with Crippen LogP contribution in [0, 0.1) is 5.82 Å². The van der Waals surface area contributed by atoms with Crippen molar-refractivity contribution in [1.29, 1.82) is 0 Å². The van der Waals surface area contributed by atoms with Crippen LogP contribution in [0.5, 0.6) is 0 Å². The minimum Gasteiger partial charge on any atom is -0.354 e. The van der Waals surface area contributed by atoms with E-state index in [4.69, 9.17) is 5.73 Å². The van der Waals surface area contributed by atoms with Gasteiger partial charge in [0.25, 0.3) is 5.91 Å². The molecule has 0 atom stereocenters. The van der Waals surface area contributed by atoms with Crippen LogP contribution >= 0.6 is 0 Å². The number of carbonyl (C=O) groups is 2. The molecule has 2 rings (SSSR count). The van der Waals surface area contributed by atoms with E-state index in [9.17, 15) is 14.0 Å². The van der Waals surface area contributed by atoms with Crippen LogP contribution in [0.15, 0.2) is 24.3 Å². The van der Waals surface area contributed by atoms with Crippen molar-refractivity contribution in [2.24, 2.45) is 5.73 Å². The van der Waals surface area contributed by atoms with E-state index in [1.54, 1.807) is 0 Å². The molecular formula is C17H24FN3O2. The Morgan fingerprint density at radius 1 is 1.04 bits per heavy atom. The molecule has 4 N–H and O–H groups in total. The third-order valence-electron chi connectivity index (χ3n) is 4.23. The zero-order valence-corrected chi connectivity index (χ0v) is 13.2. The number of nitrogens with two attached hydrogens (primary N) is 1. The Kier molecular flexibility index (Phi) is 6.10. The number of amides is 2. The van der Waals surface area contributed by atoms with Crippen molar-refractivity contribution in [1.82, 2.24) is 10.6 Å². The summed E-state index contributed by atoms with van der Waals surface area (Å²) in [7, 11) is 0. The van der Waals surface area contributed by atoms with Gasteiger partial charge >= 0.3 is 0 Å². The summed E-state index contributed by atoms with van der Waals surface area (Å²) in [4.78, 5) is 23.9. The molecule has 1 aromatic rings. The number of benzene rings is 1. The zero-order valence-electron chi connectivity index (χ0n) is 13.2. The van der Waals surface area contributed by atoms with Gasteiger partial charge in [0.1, 0.15) is 5.82 Å². The van der Waals surface area contributed by atoms with Crippen molar-refractivity contribution < 1.29 is 14.0 Å². The van der Waals surface area contributed by atoms with E-state index in [0.717, 1.165) is 32.1 Å². The lowest BCUT2D eigenvalue weighted by Gasteiger charge is -2.31. The molecule has 6 heteroatoms. The van der Waals surface area contributed by atoms with Gasteiger partial charge in [0.15, 0.2) is 0 Å². The van der Waals surface area contributed by atoms with Crippen LogP contribution in [0.25, 0.3) is 0 Å². The number of hydrogen-bond donors (Lipinski definition) is 3. The summed E-state index contributed by atoms with van der Waals surface area (Å²) in [6.45, 7) is 0.912. The summed E-state index contributed by atoms with van der Waals surface area (Å²) in [5.74, 6) is -0.719. The summed E-state index contributed by atoms with van der Waals surface area (Å²) in [6, 6.07) is 5.38. The monoisotopic (exact) mass is 321 g/mol. The Hall–Kier alpha value is -1.95. The number of nitrogens with one attached hydrogen (secondary N) is 2. The van der Waals surface area contributed by atoms with E-state index in [1.165, 1.54) is 24.3 Å². The van der Waals surface area contributed by atoms with Crippen LogP contribution in [-0.4, -0.2) is 30.4 Å². The van der Waals surface area contributed by atoms with Gasteiger partial charge in [-0.25, -0.2) is 4.39 Å². The normalized spacial score (nSPS) is 16.6. The van der Waals surface area contributed by atoms with Gasteiger partial charge in [0.05, 0.1) is 5.54 Å². The molecule has 1 saturated carbocycles. The highest BCUT2D eigenvalue weighted by atomic mass is 19.1. The Bertz CT molecular complexity index is 539. The van der Waals surface area contributed by atoms with Crippen LogP contribution in [-0.2, 0) is 4.79 Å². The maximum Gasteiger partial charge on any atom is 0.251 e. The first-order chi connectivity index (χ1) is 11.0. The van der Waals surface area contributed by atoms with Gasteiger partial charge in [-0.1, -0.05) is 19.3 Å². The summed E-state index contributed by atoms with van der Waals surface area (Å²) < 4.78 is 12.8. The van der Waals surface area contributed by atoms with Gasteiger partial charge < -0.3 is 16.4 Å². The summed E-state index contributed by atoms with van der Waals surface area (Å²) in [5.41, 5.74) is 5.83. The van der Waals surface area contributed by atoms with Crippen molar-refractivity contribution in [3.63, 3.8) is 0 Å². The first-order valence-electron chi connectivity index (χ1n) is 8.12. The van der Waals surface area contributed by atoms with Crippen LogP contribution in [0.3, 0.4) is 0 Å². The molecule has 1 aromatic carbocycles. The van der Waals surface area contributed by atoms with Crippen LogP contribution in [0.2, 0.25) is 0 Å². The fraction of sp³-hybridized carbons (Fsp3) is 0.529. The van der Waals surface area contributed by atoms with E-state index >= 15 is 0 Å². The standard InChI is InChI=1S/C17H24FN3O2/c18-14-7-5-13(6-8-14)15(22)20-11-4-12-21-16(23)17(19)9-2-1-3-10-17/h5-8H,1-4,9-12,19H2,(H,20,22)(H,21,23). The number of carbonyl (C=O) groups excluding carboxylic acids is 2. The first-order valence-corrected chi connectivity index (χ1v) is 8.12. The predicted octanol–water partition coefficient (Wildman–Crippen LogP) is 1.72. The fourth-order valence-corrected chi connectivity index (χ4v) is 2.78. The second-order valence-electron chi connectivity index (χ2n) is 6.09. The minimum absolute atomic E-state index is 0.0953. The molecule has 23 heavy (non-hydrogen) atoms. The van der Waals surface area contributed by atoms with Gasteiger partial charge in [0, 0.05) is 18.7 Å². The quantitative estimate of drug-likeness (QED) is 0.698. The summed E-state index contributed by atoms with van der Waals surface area (Å²) >= 11 is 0. The molecule has 0 spiro atoms. The number of halogens is 1. The predicted molar refractivity (Wildman–Crippen MR) is 86.4 cm³/mol. The molecule has 0 aliphatic heterocycles. The lowest BCUT2D eigenvalue weighted by molar-refractivity contribution is -0.127. The van der Waals surface area contributed by atoms with E-state index in [2.05, 4.69) is 10.6 Å². The number of hydrogen-bond acceptors (Lipinski definition) is 3. The van der Waals surface area contributed by atoms with Crippen LogP contribution in [0.4, 0.5) is 4.39 Å². The maximum atomic E-state index is 12.8. The molecule has 0 aromatic heterocycles. The lowest BCUT2D eigenvalue weighted by atomic mass is 9.82. The Morgan fingerprint density at radius 2 is 1.65 bits per heavy atom. The van der Waals surface area contributed by atoms with Gasteiger partial charge in [-0.15, -0.1) is 0 Å². The highest BCUT2D eigenvalue weighted by Gasteiger charge is 2.34. The molecule has 2 amide bonds. The Labute approximate surface area is 135 Å². The fourth-order valence-electron chi connectivity index (χ4n) is 2.78. The highest BCUT2D eigenvalue weighted by molar-refractivity contribution is 5.94. The smallest absolute Gasteiger partial charge is 0.251 e. The molecule has 0 unspecified atom stereocenters. The van der Waals surface area contributed by atoms with Gasteiger partial charge in [-0.2, -0.15) is 0 Å². The molecule has 0 bridgehead atoms. The van der Waals surface area contributed by atoms with Gasteiger partial charge in [-0.3, -0.25) is 9.59 Å². The van der Waals surface area contributed by atoms with Crippen molar-refractivity contribution in [3.05, 3.63) is 35.6 Å². The average molecular weight is 321 g/mol. The highest BCUT2D eigenvalue weighted by Crippen LogP contribution is 2.25. The summed E-state index contributed by atoms with van der Waals surface area (Å²) in [5, 5.41) is 5.59. The second kappa shape index (κ2) is 8.06. The van der Waals surface area contributed by atoms with Gasteiger partial charge in [-0.05, 0) is 43.5 Å². The van der Waals surface area contributed by atoms with Crippen molar-refractivity contribution in [2.75, 3.05) is 13.1 Å². The molecule has 1 aliphatic carbocycles. The largest absolute Gasteiger partial charge is 0.354 e. The molecular weight excluding hydrogens is 297 g/mol. The van der Waals surface area contributed by atoms with E-state index < -0.39 is 5.54 Å². The van der Waals surface area contributed by atoms with E-state index in [1.807, 2.05) is 0 Å². The molecule has 1 fully saturated rings. The van der Waals surface area contributed by atoms with Crippen molar-refractivity contribution >= 4 is 11.8 Å². The van der Waals surface area contributed by atoms with Crippen molar-refractivity contribution in [2.45, 2.75) is 44.1 Å². The van der Waals surface area contributed by atoms with E-state index in [0.29, 0.717) is 25.1 Å². The maximum absolute atomic E-state index is 12.8. The second-order valence-corrected chi connectivity index (χ2v) is 6.09. The molecule has 0 radical (unpaired) electrons. The SMILES string of the molecule is NC1(C(=O)NCCCNC(=O)c2ccc(F)cc2)CCCCC1. The molecule has 126 valence electrons. The lowest BCUT2D eigenvalue weighted by Crippen LogP contribution is -2.55.